The standard InChI is InChI=1S/C24H24ClN3O2S/c25-19-11-5-7-13-21(19)28-23(30)18-10-4-6-12-20(18)27-24(28)31-16-22(29)26-15-14-17-8-2-1-3-9-17/h4-8,10-13H,1-3,9,14-16H2,(H,26,29). The molecular formula is C24H24ClN3O2S. The zero-order valence-electron chi connectivity index (χ0n) is 17.1. The van der Waals surface area contributed by atoms with Gasteiger partial charge in [0.25, 0.3) is 5.56 Å². The predicted molar refractivity (Wildman–Crippen MR) is 127 cm³/mol. The summed E-state index contributed by atoms with van der Waals surface area (Å²) in [5.41, 5.74) is 2.39. The molecule has 0 saturated carbocycles. The second-order valence-corrected chi connectivity index (χ2v) is 8.85. The molecule has 1 aliphatic rings. The summed E-state index contributed by atoms with van der Waals surface area (Å²) in [6, 6.07) is 14.4. The van der Waals surface area contributed by atoms with Crippen LogP contribution in [-0.4, -0.2) is 27.8 Å². The van der Waals surface area contributed by atoms with E-state index in [2.05, 4.69) is 16.4 Å². The van der Waals surface area contributed by atoms with Crippen LogP contribution in [0.5, 0.6) is 0 Å². The number of para-hydroxylation sites is 2. The van der Waals surface area contributed by atoms with Gasteiger partial charge in [-0.05, 0) is 56.4 Å². The summed E-state index contributed by atoms with van der Waals surface area (Å²) in [5, 5.41) is 4.39. The molecular weight excluding hydrogens is 430 g/mol. The summed E-state index contributed by atoms with van der Waals surface area (Å²) in [7, 11) is 0. The van der Waals surface area contributed by atoms with Gasteiger partial charge in [-0.3, -0.25) is 14.2 Å². The van der Waals surface area contributed by atoms with Crippen LogP contribution in [0.2, 0.25) is 5.02 Å². The van der Waals surface area contributed by atoms with Gasteiger partial charge in [0.2, 0.25) is 5.91 Å². The third-order valence-corrected chi connectivity index (χ3v) is 6.58. The fourth-order valence-electron chi connectivity index (χ4n) is 3.73. The Hall–Kier alpha value is -2.57. The monoisotopic (exact) mass is 453 g/mol. The molecule has 0 spiro atoms. The van der Waals surface area contributed by atoms with Crippen molar-refractivity contribution in [1.29, 1.82) is 0 Å². The van der Waals surface area contributed by atoms with Crippen molar-refractivity contribution >= 4 is 40.2 Å². The summed E-state index contributed by atoms with van der Waals surface area (Å²) < 4.78 is 1.50. The molecule has 1 aromatic heterocycles. The number of rotatable bonds is 7. The maximum absolute atomic E-state index is 13.2. The quantitative estimate of drug-likeness (QED) is 0.305. The highest BCUT2D eigenvalue weighted by molar-refractivity contribution is 7.99. The minimum atomic E-state index is -0.203. The van der Waals surface area contributed by atoms with Crippen molar-refractivity contribution < 1.29 is 4.79 Å². The van der Waals surface area contributed by atoms with Gasteiger partial charge >= 0.3 is 0 Å². The van der Waals surface area contributed by atoms with Gasteiger partial charge < -0.3 is 5.32 Å². The summed E-state index contributed by atoms with van der Waals surface area (Å²) in [4.78, 5) is 30.3. The number of aromatic nitrogens is 2. The smallest absolute Gasteiger partial charge is 0.266 e. The number of thioether (sulfide) groups is 1. The van der Waals surface area contributed by atoms with Crippen molar-refractivity contribution in [2.24, 2.45) is 0 Å². The summed E-state index contributed by atoms with van der Waals surface area (Å²) in [5.74, 6) is 0.100. The maximum atomic E-state index is 13.2. The normalized spacial score (nSPS) is 13.8. The van der Waals surface area contributed by atoms with E-state index in [9.17, 15) is 9.59 Å². The van der Waals surface area contributed by atoms with Gasteiger partial charge in [-0.15, -0.1) is 0 Å². The zero-order valence-corrected chi connectivity index (χ0v) is 18.7. The molecule has 31 heavy (non-hydrogen) atoms. The summed E-state index contributed by atoms with van der Waals surface area (Å²) >= 11 is 7.62. The Bertz CT molecular complexity index is 1190. The largest absolute Gasteiger partial charge is 0.355 e. The van der Waals surface area contributed by atoms with Crippen molar-refractivity contribution in [3.05, 3.63) is 75.6 Å². The predicted octanol–water partition coefficient (Wildman–Crippen LogP) is 5.14. The fourth-order valence-corrected chi connectivity index (χ4v) is 4.79. The van der Waals surface area contributed by atoms with E-state index < -0.39 is 0 Å². The highest BCUT2D eigenvalue weighted by Crippen LogP contribution is 2.25. The first kappa shape index (κ1) is 21.7. The highest BCUT2D eigenvalue weighted by atomic mass is 35.5. The van der Waals surface area contributed by atoms with Crippen molar-refractivity contribution in [3.63, 3.8) is 0 Å². The number of carbonyl (C=O) groups excluding carboxylic acids is 1. The third kappa shape index (κ3) is 5.20. The van der Waals surface area contributed by atoms with E-state index >= 15 is 0 Å². The molecule has 3 aromatic rings. The maximum Gasteiger partial charge on any atom is 0.266 e. The summed E-state index contributed by atoms with van der Waals surface area (Å²) in [6.45, 7) is 0.633. The Kier molecular flexibility index (Phi) is 7.10. The Labute approximate surface area is 190 Å². The van der Waals surface area contributed by atoms with E-state index in [0.717, 1.165) is 19.3 Å². The lowest BCUT2D eigenvalue weighted by atomic mass is 9.97. The van der Waals surface area contributed by atoms with Gasteiger partial charge in [0.1, 0.15) is 0 Å². The molecule has 160 valence electrons. The van der Waals surface area contributed by atoms with Crippen LogP contribution in [0.1, 0.15) is 32.1 Å². The molecule has 7 heteroatoms. The molecule has 0 saturated heterocycles. The molecule has 2 aromatic carbocycles. The van der Waals surface area contributed by atoms with E-state index in [4.69, 9.17) is 11.6 Å². The van der Waals surface area contributed by atoms with Crippen molar-refractivity contribution in [2.75, 3.05) is 12.3 Å². The number of halogens is 1. The second kappa shape index (κ2) is 10.2. The number of hydrogen-bond acceptors (Lipinski definition) is 4. The first-order valence-electron chi connectivity index (χ1n) is 10.5. The molecule has 0 fully saturated rings. The van der Waals surface area contributed by atoms with Crippen molar-refractivity contribution in [2.45, 2.75) is 37.3 Å². The van der Waals surface area contributed by atoms with Crippen LogP contribution in [0.4, 0.5) is 0 Å². The Morgan fingerprint density at radius 3 is 2.74 bits per heavy atom. The van der Waals surface area contributed by atoms with E-state index in [1.54, 1.807) is 24.3 Å². The van der Waals surface area contributed by atoms with Crippen LogP contribution in [-0.2, 0) is 4.79 Å². The van der Waals surface area contributed by atoms with Crippen LogP contribution in [0.3, 0.4) is 0 Å². The number of fused-ring (bicyclic) bond motifs is 1. The zero-order chi connectivity index (χ0) is 21.6. The second-order valence-electron chi connectivity index (χ2n) is 7.50. The number of nitrogens with zero attached hydrogens (tertiary/aromatic N) is 2. The minimum Gasteiger partial charge on any atom is -0.355 e. The van der Waals surface area contributed by atoms with E-state index in [-0.39, 0.29) is 17.2 Å². The number of hydrogen-bond donors (Lipinski definition) is 1. The molecule has 1 heterocycles. The van der Waals surface area contributed by atoms with Crippen molar-refractivity contribution in [1.82, 2.24) is 14.9 Å². The number of carbonyl (C=O) groups is 1. The topological polar surface area (TPSA) is 64.0 Å². The molecule has 0 bridgehead atoms. The molecule has 1 amide bonds. The number of amides is 1. The van der Waals surface area contributed by atoms with Crippen LogP contribution in [0, 0.1) is 0 Å². The summed E-state index contributed by atoms with van der Waals surface area (Å²) in [6.07, 6.45) is 7.98. The Morgan fingerprint density at radius 1 is 1.13 bits per heavy atom. The van der Waals surface area contributed by atoms with Gasteiger partial charge in [0, 0.05) is 6.54 Å². The number of benzene rings is 2. The Balaban J connectivity index is 1.53. The lowest BCUT2D eigenvalue weighted by Gasteiger charge is -2.15. The molecule has 0 aliphatic heterocycles. The average Bonchev–Trinajstić information content (AvgIpc) is 2.79. The van der Waals surface area contributed by atoms with Crippen molar-refractivity contribution in [3.8, 4) is 5.69 Å². The lowest BCUT2D eigenvalue weighted by molar-refractivity contribution is -0.118. The molecule has 1 N–H and O–H groups in total. The van der Waals surface area contributed by atoms with E-state index in [0.29, 0.717) is 33.3 Å². The SMILES string of the molecule is O=C(CSc1nc2ccccc2c(=O)n1-c1ccccc1Cl)NCCC1=CCCCC1. The van der Waals surface area contributed by atoms with Gasteiger partial charge in [-0.1, -0.05) is 59.3 Å². The number of nitrogens with one attached hydrogen (secondary N) is 1. The van der Waals surface area contributed by atoms with Crippen LogP contribution in [0.25, 0.3) is 16.6 Å². The first-order valence-corrected chi connectivity index (χ1v) is 11.8. The highest BCUT2D eigenvalue weighted by Gasteiger charge is 2.16. The van der Waals surface area contributed by atoms with Crippen LogP contribution >= 0.6 is 23.4 Å². The van der Waals surface area contributed by atoms with Gasteiger partial charge in [-0.2, -0.15) is 0 Å². The van der Waals surface area contributed by atoms with Gasteiger partial charge in [0.15, 0.2) is 5.16 Å². The minimum absolute atomic E-state index is 0.0745. The molecule has 1 aliphatic carbocycles. The van der Waals surface area contributed by atoms with E-state index in [1.807, 2.05) is 24.3 Å². The van der Waals surface area contributed by atoms with Gasteiger partial charge in [-0.25, -0.2) is 4.98 Å². The molecule has 0 atom stereocenters. The average molecular weight is 454 g/mol. The molecule has 4 rings (SSSR count). The molecule has 0 radical (unpaired) electrons. The van der Waals surface area contributed by atoms with Crippen LogP contribution in [0.15, 0.2) is 70.1 Å². The van der Waals surface area contributed by atoms with E-state index in [1.165, 1.54) is 34.7 Å². The molecule has 0 unspecified atom stereocenters. The fraction of sp³-hybridized carbons (Fsp3) is 0.292. The molecule has 5 nitrogen and oxygen atoms in total. The van der Waals surface area contributed by atoms with Gasteiger partial charge in [0.05, 0.1) is 27.4 Å². The first-order chi connectivity index (χ1) is 15.1. The number of allylic oxidation sites excluding steroid dienone is 1. The third-order valence-electron chi connectivity index (χ3n) is 5.32. The van der Waals surface area contributed by atoms with Crippen LogP contribution < -0.4 is 10.9 Å². The Morgan fingerprint density at radius 2 is 1.94 bits per heavy atom. The lowest BCUT2D eigenvalue weighted by Crippen LogP contribution is -2.27.